The molecule has 3 amide bonds. The highest BCUT2D eigenvalue weighted by Gasteiger charge is 2.20. The summed E-state index contributed by atoms with van der Waals surface area (Å²) in [5.41, 5.74) is 0.394. The molecule has 0 aliphatic rings. The van der Waals surface area contributed by atoms with E-state index < -0.39 is 17.9 Å². The highest BCUT2D eigenvalue weighted by molar-refractivity contribution is 7.98. The van der Waals surface area contributed by atoms with Crippen molar-refractivity contribution in [1.82, 2.24) is 16.0 Å². The van der Waals surface area contributed by atoms with Gasteiger partial charge in [0.05, 0.1) is 20.8 Å². The molecule has 3 N–H and O–H groups in total. The standard InChI is InChI=1S/C20H29N3O6S/c1-28-15-8-6-14(7-9-15)19(26)22-13-17(24)23-16(10-12-30-3)20(27)21-11-4-5-18(25)29-2/h6-9,16H,4-5,10-13H2,1-3H3,(H,21,27)(H,22,26)(H,23,24)/t16-/m1/s1. The summed E-state index contributed by atoms with van der Waals surface area (Å²) in [5, 5.41) is 7.88. The van der Waals surface area contributed by atoms with Crippen LogP contribution in [0, 0.1) is 0 Å². The van der Waals surface area contributed by atoms with E-state index in [4.69, 9.17) is 4.74 Å². The van der Waals surface area contributed by atoms with Crippen LogP contribution in [0.15, 0.2) is 24.3 Å². The number of ether oxygens (including phenoxy) is 2. The Balaban J connectivity index is 2.49. The Morgan fingerprint density at radius 2 is 1.77 bits per heavy atom. The van der Waals surface area contributed by atoms with E-state index >= 15 is 0 Å². The second-order valence-electron chi connectivity index (χ2n) is 6.28. The van der Waals surface area contributed by atoms with E-state index in [2.05, 4.69) is 20.7 Å². The third kappa shape index (κ3) is 9.64. The van der Waals surface area contributed by atoms with E-state index in [0.717, 1.165) is 0 Å². The monoisotopic (exact) mass is 439 g/mol. The van der Waals surface area contributed by atoms with Crippen LogP contribution < -0.4 is 20.7 Å². The summed E-state index contributed by atoms with van der Waals surface area (Å²) < 4.78 is 9.59. The number of thioether (sulfide) groups is 1. The molecule has 1 aromatic rings. The summed E-state index contributed by atoms with van der Waals surface area (Å²) in [4.78, 5) is 47.8. The topological polar surface area (TPSA) is 123 Å². The van der Waals surface area contributed by atoms with Gasteiger partial charge in [0.25, 0.3) is 5.91 Å². The van der Waals surface area contributed by atoms with Crippen LogP contribution in [0.1, 0.15) is 29.6 Å². The van der Waals surface area contributed by atoms with Crippen molar-refractivity contribution in [2.45, 2.75) is 25.3 Å². The van der Waals surface area contributed by atoms with E-state index in [1.807, 2.05) is 6.26 Å². The van der Waals surface area contributed by atoms with E-state index in [-0.39, 0.29) is 24.8 Å². The molecule has 0 bridgehead atoms. The number of carbonyl (C=O) groups excluding carboxylic acids is 4. The Labute approximate surface area is 180 Å². The molecule has 0 aromatic heterocycles. The summed E-state index contributed by atoms with van der Waals surface area (Å²) in [5.74, 6) is -0.238. The van der Waals surface area contributed by atoms with Crippen LogP contribution in [0.2, 0.25) is 0 Å². The molecule has 166 valence electrons. The van der Waals surface area contributed by atoms with Crippen molar-refractivity contribution in [2.75, 3.05) is 39.3 Å². The average molecular weight is 440 g/mol. The van der Waals surface area contributed by atoms with E-state index in [1.165, 1.54) is 14.2 Å². The predicted octanol–water partition coefficient (Wildman–Crippen LogP) is 0.732. The van der Waals surface area contributed by atoms with Crippen LogP contribution >= 0.6 is 11.8 Å². The molecule has 0 spiro atoms. The van der Waals surface area contributed by atoms with Gasteiger partial charge in [-0.1, -0.05) is 0 Å². The number of hydrogen-bond donors (Lipinski definition) is 3. The summed E-state index contributed by atoms with van der Waals surface area (Å²) in [7, 11) is 2.84. The maximum absolute atomic E-state index is 12.4. The zero-order valence-corrected chi connectivity index (χ0v) is 18.3. The molecule has 0 aliphatic carbocycles. The Kier molecular flexibility index (Phi) is 12.0. The van der Waals surface area contributed by atoms with Gasteiger partial charge in [-0.2, -0.15) is 11.8 Å². The lowest BCUT2D eigenvalue weighted by Gasteiger charge is -2.18. The second kappa shape index (κ2) is 14.3. The summed E-state index contributed by atoms with van der Waals surface area (Å²) in [6.45, 7) is 0.0457. The molecule has 0 radical (unpaired) electrons. The third-order valence-corrected chi connectivity index (χ3v) is 4.75. The first-order valence-corrected chi connectivity index (χ1v) is 10.9. The quantitative estimate of drug-likeness (QED) is 0.306. The molecule has 0 heterocycles. The van der Waals surface area contributed by atoms with Gasteiger partial charge in [0.15, 0.2) is 0 Å². The van der Waals surface area contributed by atoms with Crippen molar-refractivity contribution in [3.05, 3.63) is 29.8 Å². The molecule has 1 atom stereocenters. The van der Waals surface area contributed by atoms with Crippen molar-refractivity contribution >= 4 is 35.5 Å². The van der Waals surface area contributed by atoms with Crippen molar-refractivity contribution in [1.29, 1.82) is 0 Å². The van der Waals surface area contributed by atoms with Crippen LogP contribution in [0.3, 0.4) is 0 Å². The molecule has 1 rings (SSSR count). The fourth-order valence-corrected chi connectivity index (χ4v) is 2.90. The number of nitrogens with one attached hydrogen (secondary N) is 3. The van der Waals surface area contributed by atoms with Crippen LogP contribution in [-0.2, 0) is 19.1 Å². The predicted molar refractivity (Wildman–Crippen MR) is 115 cm³/mol. The Morgan fingerprint density at radius 1 is 1.07 bits per heavy atom. The molecular formula is C20H29N3O6S. The molecule has 1 aromatic carbocycles. The van der Waals surface area contributed by atoms with Crippen molar-refractivity contribution in [2.24, 2.45) is 0 Å². The third-order valence-electron chi connectivity index (χ3n) is 4.11. The molecule has 9 nitrogen and oxygen atoms in total. The number of amides is 3. The van der Waals surface area contributed by atoms with E-state index in [1.54, 1.807) is 36.0 Å². The van der Waals surface area contributed by atoms with Crippen LogP contribution in [0.25, 0.3) is 0 Å². The Bertz CT molecular complexity index is 711. The van der Waals surface area contributed by atoms with Crippen molar-refractivity contribution in [3.8, 4) is 5.75 Å². The van der Waals surface area contributed by atoms with Crippen LogP contribution in [0.4, 0.5) is 0 Å². The smallest absolute Gasteiger partial charge is 0.305 e. The van der Waals surface area contributed by atoms with Gasteiger partial charge in [-0.15, -0.1) is 0 Å². The lowest BCUT2D eigenvalue weighted by Crippen LogP contribution is -2.50. The van der Waals surface area contributed by atoms with Gasteiger partial charge in [0.2, 0.25) is 11.8 Å². The molecule has 0 saturated heterocycles. The van der Waals surface area contributed by atoms with Gasteiger partial charge >= 0.3 is 5.97 Å². The first-order chi connectivity index (χ1) is 14.4. The summed E-state index contributed by atoms with van der Waals surface area (Å²) >= 11 is 1.56. The zero-order chi connectivity index (χ0) is 22.4. The highest BCUT2D eigenvalue weighted by Crippen LogP contribution is 2.11. The SMILES string of the molecule is COC(=O)CCCNC(=O)[C@@H](CCSC)NC(=O)CNC(=O)c1ccc(OC)cc1. The normalized spacial score (nSPS) is 11.2. The molecule has 30 heavy (non-hydrogen) atoms. The van der Waals surface area contributed by atoms with Gasteiger partial charge in [-0.05, 0) is 49.1 Å². The largest absolute Gasteiger partial charge is 0.497 e. The van der Waals surface area contributed by atoms with Crippen molar-refractivity contribution in [3.63, 3.8) is 0 Å². The maximum atomic E-state index is 12.4. The fraction of sp³-hybridized carbons (Fsp3) is 0.500. The number of carbonyl (C=O) groups is 4. The lowest BCUT2D eigenvalue weighted by molar-refractivity contribution is -0.140. The van der Waals surface area contributed by atoms with Crippen LogP contribution in [-0.4, -0.2) is 69.1 Å². The number of esters is 1. The first kappa shape index (κ1) is 25.3. The van der Waals surface area contributed by atoms with Gasteiger partial charge in [-0.3, -0.25) is 19.2 Å². The lowest BCUT2D eigenvalue weighted by atomic mass is 10.2. The summed E-state index contributed by atoms with van der Waals surface area (Å²) in [6, 6.07) is 5.76. The number of benzene rings is 1. The van der Waals surface area contributed by atoms with Gasteiger partial charge in [-0.25, -0.2) is 0 Å². The average Bonchev–Trinajstić information content (AvgIpc) is 2.77. The molecule has 0 unspecified atom stereocenters. The minimum absolute atomic E-state index is 0.204. The molecule has 0 aliphatic heterocycles. The molecule has 0 fully saturated rings. The fourth-order valence-electron chi connectivity index (χ4n) is 2.42. The first-order valence-electron chi connectivity index (χ1n) is 9.46. The maximum Gasteiger partial charge on any atom is 0.305 e. The van der Waals surface area contributed by atoms with E-state index in [0.29, 0.717) is 36.5 Å². The van der Waals surface area contributed by atoms with Crippen molar-refractivity contribution < 1.29 is 28.7 Å². The van der Waals surface area contributed by atoms with Gasteiger partial charge in [0, 0.05) is 18.5 Å². The van der Waals surface area contributed by atoms with Crippen LogP contribution in [0.5, 0.6) is 5.75 Å². The van der Waals surface area contributed by atoms with Gasteiger partial charge < -0.3 is 25.4 Å². The molecule has 10 heteroatoms. The minimum atomic E-state index is -0.721. The number of hydrogen-bond acceptors (Lipinski definition) is 7. The Hall–Kier alpha value is -2.75. The number of methoxy groups -OCH3 is 2. The second-order valence-corrected chi connectivity index (χ2v) is 7.27. The number of rotatable bonds is 13. The zero-order valence-electron chi connectivity index (χ0n) is 17.5. The van der Waals surface area contributed by atoms with Gasteiger partial charge in [0.1, 0.15) is 11.8 Å². The summed E-state index contributed by atoms with van der Waals surface area (Å²) in [6.07, 6.45) is 3.00. The molecule has 0 saturated carbocycles. The van der Waals surface area contributed by atoms with E-state index in [9.17, 15) is 19.2 Å². The highest BCUT2D eigenvalue weighted by atomic mass is 32.2. The molecular weight excluding hydrogens is 410 g/mol. The minimum Gasteiger partial charge on any atom is -0.497 e. The Morgan fingerprint density at radius 3 is 2.37 bits per heavy atom.